The van der Waals surface area contributed by atoms with Gasteiger partial charge in [0.2, 0.25) is 0 Å². The Kier molecular flexibility index (Phi) is 4.85. The molecule has 0 aliphatic rings. The van der Waals surface area contributed by atoms with E-state index in [9.17, 15) is 0 Å². The Hall–Kier alpha value is -1.96. The molecule has 7 nitrogen and oxygen atoms in total. The van der Waals surface area contributed by atoms with Crippen LogP contribution in [0.4, 0.5) is 0 Å². The van der Waals surface area contributed by atoms with E-state index in [0.29, 0.717) is 6.54 Å². The SMILES string of the molecule is CN=C(NCCn1cncn1)NCc1nc(C)cs1. The van der Waals surface area contributed by atoms with Gasteiger partial charge in [0.15, 0.2) is 5.96 Å². The van der Waals surface area contributed by atoms with Gasteiger partial charge in [-0.05, 0) is 6.92 Å². The van der Waals surface area contributed by atoms with Gasteiger partial charge in [-0.3, -0.25) is 9.67 Å². The Morgan fingerprint density at radius 1 is 1.47 bits per heavy atom. The number of hydrogen-bond acceptors (Lipinski definition) is 5. The van der Waals surface area contributed by atoms with Crippen LogP contribution in [-0.4, -0.2) is 39.3 Å². The lowest BCUT2D eigenvalue weighted by atomic mass is 10.5. The number of nitrogens with one attached hydrogen (secondary N) is 2. The van der Waals surface area contributed by atoms with Crippen molar-refractivity contribution in [3.8, 4) is 0 Å². The second kappa shape index (κ2) is 6.83. The number of aromatic nitrogens is 4. The van der Waals surface area contributed by atoms with Crippen LogP contribution in [0.3, 0.4) is 0 Å². The predicted molar refractivity (Wildman–Crippen MR) is 75.1 cm³/mol. The van der Waals surface area contributed by atoms with E-state index in [1.165, 1.54) is 6.33 Å². The lowest BCUT2D eigenvalue weighted by Crippen LogP contribution is -2.38. The van der Waals surface area contributed by atoms with E-state index >= 15 is 0 Å². The molecule has 0 aliphatic heterocycles. The average molecular weight is 279 g/mol. The Labute approximate surface area is 115 Å². The standard InChI is InChI=1S/C11H17N7S/c1-9-6-19-10(17-9)5-15-11(12-2)14-3-4-18-8-13-7-16-18/h6-8H,3-5H2,1-2H3,(H2,12,14,15). The van der Waals surface area contributed by atoms with Crippen molar-refractivity contribution in [2.45, 2.75) is 20.0 Å². The molecule has 8 heteroatoms. The molecule has 2 aromatic rings. The molecule has 0 bridgehead atoms. The number of aliphatic imine (C=N–C) groups is 1. The van der Waals surface area contributed by atoms with E-state index in [1.807, 2.05) is 12.3 Å². The van der Waals surface area contributed by atoms with E-state index < -0.39 is 0 Å². The molecular formula is C11H17N7S. The molecule has 102 valence electrons. The van der Waals surface area contributed by atoms with Gasteiger partial charge in [0.25, 0.3) is 0 Å². The van der Waals surface area contributed by atoms with E-state index in [-0.39, 0.29) is 0 Å². The maximum Gasteiger partial charge on any atom is 0.191 e. The van der Waals surface area contributed by atoms with Gasteiger partial charge in [-0.2, -0.15) is 5.10 Å². The normalized spacial score (nSPS) is 11.6. The molecule has 0 aromatic carbocycles. The Bertz CT molecular complexity index is 517. The zero-order chi connectivity index (χ0) is 13.5. The molecule has 0 unspecified atom stereocenters. The first-order chi connectivity index (χ1) is 9.28. The van der Waals surface area contributed by atoms with Crippen molar-refractivity contribution in [1.82, 2.24) is 30.4 Å². The number of guanidine groups is 1. The molecule has 0 amide bonds. The number of thiazole rings is 1. The first-order valence-electron chi connectivity index (χ1n) is 5.96. The second-order valence-corrected chi connectivity index (χ2v) is 4.84. The van der Waals surface area contributed by atoms with Crippen LogP contribution >= 0.6 is 11.3 Å². The fraction of sp³-hybridized carbons (Fsp3) is 0.455. The first kappa shape index (κ1) is 13.5. The molecule has 0 spiro atoms. The van der Waals surface area contributed by atoms with Crippen LogP contribution in [0.15, 0.2) is 23.0 Å². The third-order valence-corrected chi connectivity index (χ3v) is 3.36. The topological polar surface area (TPSA) is 80.0 Å². The minimum Gasteiger partial charge on any atom is -0.355 e. The van der Waals surface area contributed by atoms with Crippen LogP contribution in [0, 0.1) is 6.92 Å². The molecule has 0 saturated heterocycles. The molecule has 2 heterocycles. The highest BCUT2D eigenvalue weighted by Crippen LogP contribution is 2.07. The van der Waals surface area contributed by atoms with E-state index in [2.05, 4.69) is 30.7 Å². The van der Waals surface area contributed by atoms with Crippen LogP contribution in [0.25, 0.3) is 0 Å². The molecule has 0 radical (unpaired) electrons. The lowest BCUT2D eigenvalue weighted by Gasteiger charge is -2.10. The molecule has 2 N–H and O–H groups in total. The molecule has 2 aromatic heterocycles. The van der Waals surface area contributed by atoms with Crippen LogP contribution < -0.4 is 10.6 Å². The van der Waals surface area contributed by atoms with E-state index in [4.69, 9.17) is 0 Å². The van der Waals surface area contributed by atoms with Crippen molar-refractivity contribution >= 4 is 17.3 Å². The second-order valence-electron chi connectivity index (χ2n) is 3.89. The van der Waals surface area contributed by atoms with Gasteiger partial charge >= 0.3 is 0 Å². The van der Waals surface area contributed by atoms with Crippen molar-refractivity contribution in [2.75, 3.05) is 13.6 Å². The Balaban J connectivity index is 1.71. The quantitative estimate of drug-likeness (QED) is 0.612. The van der Waals surface area contributed by atoms with Gasteiger partial charge in [-0.15, -0.1) is 11.3 Å². The number of aryl methyl sites for hydroxylation is 1. The van der Waals surface area contributed by atoms with Crippen molar-refractivity contribution in [2.24, 2.45) is 4.99 Å². The zero-order valence-corrected chi connectivity index (χ0v) is 11.8. The van der Waals surface area contributed by atoms with Gasteiger partial charge in [0.1, 0.15) is 17.7 Å². The molecule has 0 fully saturated rings. The molecule has 19 heavy (non-hydrogen) atoms. The Morgan fingerprint density at radius 2 is 2.37 bits per heavy atom. The highest BCUT2D eigenvalue weighted by atomic mass is 32.1. The van der Waals surface area contributed by atoms with Gasteiger partial charge in [-0.25, -0.2) is 9.97 Å². The Morgan fingerprint density at radius 3 is 3.00 bits per heavy atom. The lowest BCUT2D eigenvalue weighted by molar-refractivity contribution is 0.596. The highest BCUT2D eigenvalue weighted by Gasteiger charge is 2.01. The third-order valence-electron chi connectivity index (χ3n) is 2.40. The van der Waals surface area contributed by atoms with Crippen LogP contribution in [-0.2, 0) is 13.1 Å². The number of nitrogens with zero attached hydrogens (tertiary/aromatic N) is 5. The zero-order valence-electron chi connectivity index (χ0n) is 11.0. The van der Waals surface area contributed by atoms with Crippen LogP contribution in [0.1, 0.15) is 10.7 Å². The van der Waals surface area contributed by atoms with Crippen molar-refractivity contribution in [3.63, 3.8) is 0 Å². The smallest absolute Gasteiger partial charge is 0.191 e. The summed E-state index contributed by atoms with van der Waals surface area (Å²) in [5, 5.41) is 13.6. The fourth-order valence-corrected chi connectivity index (χ4v) is 2.21. The third kappa shape index (κ3) is 4.32. The summed E-state index contributed by atoms with van der Waals surface area (Å²) in [4.78, 5) is 12.4. The highest BCUT2D eigenvalue weighted by molar-refractivity contribution is 7.09. The molecular weight excluding hydrogens is 262 g/mol. The van der Waals surface area contributed by atoms with Gasteiger partial charge in [0, 0.05) is 24.7 Å². The van der Waals surface area contributed by atoms with Crippen molar-refractivity contribution in [1.29, 1.82) is 0 Å². The minimum atomic E-state index is 0.682. The van der Waals surface area contributed by atoms with E-state index in [1.54, 1.807) is 29.4 Å². The monoisotopic (exact) mass is 279 g/mol. The summed E-state index contributed by atoms with van der Waals surface area (Å²) in [6, 6.07) is 0. The minimum absolute atomic E-state index is 0.682. The van der Waals surface area contributed by atoms with Gasteiger partial charge < -0.3 is 10.6 Å². The summed E-state index contributed by atoms with van der Waals surface area (Å²) in [7, 11) is 1.75. The van der Waals surface area contributed by atoms with E-state index in [0.717, 1.165) is 29.8 Å². The molecule has 0 saturated carbocycles. The van der Waals surface area contributed by atoms with Crippen molar-refractivity contribution < 1.29 is 0 Å². The fourth-order valence-electron chi connectivity index (χ4n) is 1.50. The number of rotatable bonds is 5. The summed E-state index contributed by atoms with van der Waals surface area (Å²) in [6.45, 7) is 4.16. The molecule has 0 atom stereocenters. The van der Waals surface area contributed by atoms with Gasteiger partial charge in [-0.1, -0.05) is 0 Å². The largest absolute Gasteiger partial charge is 0.355 e. The summed E-state index contributed by atoms with van der Waals surface area (Å²) < 4.78 is 1.77. The number of hydrogen-bond donors (Lipinski definition) is 2. The summed E-state index contributed by atoms with van der Waals surface area (Å²) in [6.07, 6.45) is 3.22. The van der Waals surface area contributed by atoms with Crippen LogP contribution in [0.5, 0.6) is 0 Å². The average Bonchev–Trinajstić information content (AvgIpc) is 3.05. The maximum absolute atomic E-state index is 4.39. The summed E-state index contributed by atoms with van der Waals surface area (Å²) in [5.74, 6) is 0.757. The summed E-state index contributed by atoms with van der Waals surface area (Å²) >= 11 is 1.65. The summed E-state index contributed by atoms with van der Waals surface area (Å²) in [5.41, 5.74) is 1.05. The van der Waals surface area contributed by atoms with Gasteiger partial charge in [0.05, 0.1) is 13.1 Å². The van der Waals surface area contributed by atoms with Crippen LogP contribution in [0.2, 0.25) is 0 Å². The van der Waals surface area contributed by atoms with Crippen molar-refractivity contribution in [3.05, 3.63) is 28.7 Å². The molecule has 0 aliphatic carbocycles. The maximum atomic E-state index is 4.39. The predicted octanol–water partition coefficient (Wildman–Crippen LogP) is 0.408. The first-order valence-corrected chi connectivity index (χ1v) is 6.84. The molecule has 2 rings (SSSR count).